The summed E-state index contributed by atoms with van der Waals surface area (Å²) < 4.78 is 10.6. The van der Waals surface area contributed by atoms with E-state index in [2.05, 4.69) is 6.92 Å². The molecule has 0 aromatic heterocycles. The minimum Gasteiger partial charge on any atom is -0.394 e. The maximum absolute atomic E-state index is 9.84. The number of rotatable bonds is 14. The molecule has 1 fully saturated rings. The van der Waals surface area contributed by atoms with Crippen LogP contribution in [-0.2, 0) is 9.47 Å². The zero-order valence-corrected chi connectivity index (χ0v) is 15.0. The summed E-state index contributed by atoms with van der Waals surface area (Å²) in [7, 11) is 0. The third-order valence-electron chi connectivity index (χ3n) is 4.62. The SMILES string of the molecule is CCCCCCCCCCCCO[C@H]1[C@@H]([C@H](O)CO)OC(O)[C@@H]1O. The molecule has 0 radical (unpaired) electrons. The van der Waals surface area contributed by atoms with Gasteiger partial charge in [-0.2, -0.15) is 0 Å². The number of hydrogen-bond donors (Lipinski definition) is 4. The molecule has 1 aliphatic heterocycles. The molecular weight excluding hydrogens is 312 g/mol. The van der Waals surface area contributed by atoms with Gasteiger partial charge < -0.3 is 29.9 Å². The second-order valence-corrected chi connectivity index (χ2v) is 6.75. The Morgan fingerprint density at radius 1 is 0.917 bits per heavy atom. The van der Waals surface area contributed by atoms with Crippen LogP contribution in [0.3, 0.4) is 0 Å². The van der Waals surface area contributed by atoms with Gasteiger partial charge in [0, 0.05) is 6.61 Å². The Hall–Kier alpha value is -0.240. The monoisotopic (exact) mass is 348 g/mol. The fraction of sp³-hybridized carbons (Fsp3) is 1.00. The van der Waals surface area contributed by atoms with Crippen molar-refractivity contribution >= 4 is 0 Å². The van der Waals surface area contributed by atoms with Gasteiger partial charge in [0.05, 0.1) is 6.61 Å². The van der Waals surface area contributed by atoms with Gasteiger partial charge >= 0.3 is 0 Å². The fourth-order valence-electron chi connectivity index (χ4n) is 3.09. The van der Waals surface area contributed by atoms with Gasteiger partial charge in [-0.05, 0) is 6.42 Å². The molecule has 0 spiro atoms. The molecule has 24 heavy (non-hydrogen) atoms. The smallest absolute Gasteiger partial charge is 0.184 e. The van der Waals surface area contributed by atoms with E-state index in [1.807, 2.05) is 0 Å². The van der Waals surface area contributed by atoms with Gasteiger partial charge in [0.25, 0.3) is 0 Å². The van der Waals surface area contributed by atoms with E-state index in [0.29, 0.717) is 6.61 Å². The quantitative estimate of drug-likeness (QED) is 0.357. The highest BCUT2D eigenvalue weighted by molar-refractivity contribution is 4.91. The molecule has 0 amide bonds. The number of aliphatic hydroxyl groups is 4. The maximum atomic E-state index is 9.84. The van der Waals surface area contributed by atoms with Gasteiger partial charge in [0.15, 0.2) is 6.29 Å². The molecule has 1 rings (SSSR count). The molecule has 6 nitrogen and oxygen atoms in total. The highest BCUT2D eigenvalue weighted by Crippen LogP contribution is 2.25. The Morgan fingerprint density at radius 3 is 2.00 bits per heavy atom. The van der Waals surface area contributed by atoms with Crippen LogP contribution < -0.4 is 0 Å². The largest absolute Gasteiger partial charge is 0.394 e. The first kappa shape index (κ1) is 21.8. The fourth-order valence-corrected chi connectivity index (χ4v) is 3.09. The molecule has 0 bridgehead atoms. The van der Waals surface area contributed by atoms with Crippen molar-refractivity contribution in [1.29, 1.82) is 0 Å². The summed E-state index contributed by atoms with van der Waals surface area (Å²) in [5.41, 5.74) is 0. The molecular formula is C18H36O6. The molecule has 4 N–H and O–H groups in total. The molecule has 1 aliphatic rings. The molecule has 0 aromatic carbocycles. The lowest BCUT2D eigenvalue weighted by Gasteiger charge is -2.23. The Kier molecular flexibility index (Phi) is 11.8. The predicted octanol–water partition coefficient (Wildman–Crippen LogP) is 1.72. The number of unbranched alkanes of at least 4 members (excludes halogenated alkanes) is 9. The van der Waals surface area contributed by atoms with Gasteiger partial charge in [-0.1, -0.05) is 64.7 Å². The molecule has 1 heterocycles. The molecule has 0 aromatic rings. The molecule has 1 saturated heterocycles. The average molecular weight is 348 g/mol. The van der Waals surface area contributed by atoms with Crippen LogP contribution in [0.2, 0.25) is 0 Å². The van der Waals surface area contributed by atoms with Gasteiger partial charge in [-0.25, -0.2) is 0 Å². The van der Waals surface area contributed by atoms with E-state index in [4.69, 9.17) is 14.6 Å². The minimum absolute atomic E-state index is 0.447. The van der Waals surface area contributed by atoms with E-state index in [0.717, 1.165) is 12.8 Å². The molecule has 0 aliphatic carbocycles. The van der Waals surface area contributed by atoms with Crippen molar-refractivity contribution in [2.24, 2.45) is 0 Å². The minimum atomic E-state index is -1.38. The van der Waals surface area contributed by atoms with E-state index >= 15 is 0 Å². The Balaban J connectivity index is 2.05. The van der Waals surface area contributed by atoms with Crippen LogP contribution in [0.25, 0.3) is 0 Å². The third kappa shape index (κ3) is 7.76. The summed E-state index contributed by atoms with van der Waals surface area (Å²) in [6.07, 6.45) is 6.83. The van der Waals surface area contributed by atoms with E-state index in [1.54, 1.807) is 0 Å². The van der Waals surface area contributed by atoms with Crippen molar-refractivity contribution in [3.05, 3.63) is 0 Å². The summed E-state index contributed by atoms with van der Waals surface area (Å²) in [6, 6.07) is 0. The summed E-state index contributed by atoms with van der Waals surface area (Å²) in [4.78, 5) is 0. The molecule has 5 atom stereocenters. The highest BCUT2D eigenvalue weighted by atomic mass is 16.7. The topological polar surface area (TPSA) is 99.4 Å². The first-order valence-electron chi connectivity index (χ1n) is 9.54. The Bertz CT molecular complexity index is 301. The Morgan fingerprint density at radius 2 is 1.46 bits per heavy atom. The van der Waals surface area contributed by atoms with Crippen molar-refractivity contribution in [3.8, 4) is 0 Å². The predicted molar refractivity (Wildman–Crippen MR) is 91.6 cm³/mol. The van der Waals surface area contributed by atoms with Crippen LogP contribution in [0.15, 0.2) is 0 Å². The van der Waals surface area contributed by atoms with Crippen LogP contribution >= 0.6 is 0 Å². The second kappa shape index (κ2) is 13.0. The van der Waals surface area contributed by atoms with Crippen LogP contribution in [-0.4, -0.2) is 64.3 Å². The van der Waals surface area contributed by atoms with Crippen molar-refractivity contribution in [2.45, 2.75) is 102 Å². The summed E-state index contributed by atoms with van der Waals surface area (Å²) in [6.45, 7) is 2.18. The zero-order chi connectivity index (χ0) is 17.8. The standard InChI is InChI=1S/C18H36O6/c1-2-3-4-5-6-7-8-9-10-11-12-23-17-15(21)18(22)24-16(17)14(20)13-19/h14-22H,2-13H2,1H3/t14-,15-,16-,17-,18?/m1/s1. The van der Waals surface area contributed by atoms with E-state index < -0.39 is 37.3 Å². The summed E-state index contributed by atoms with van der Waals surface area (Å²) in [5.74, 6) is 0. The summed E-state index contributed by atoms with van der Waals surface area (Å²) in [5, 5.41) is 38.0. The van der Waals surface area contributed by atoms with Crippen molar-refractivity contribution in [3.63, 3.8) is 0 Å². The van der Waals surface area contributed by atoms with Gasteiger partial charge in [-0.3, -0.25) is 0 Å². The lowest BCUT2D eigenvalue weighted by Crippen LogP contribution is -2.42. The second-order valence-electron chi connectivity index (χ2n) is 6.75. The van der Waals surface area contributed by atoms with Gasteiger partial charge in [-0.15, -0.1) is 0 Å². The first-order valence-corrected chi connectivity index (χ1v) is 9.54. The summed E-state index contributed by atoms with van der Waals surface area (Å²) >= 11 is 0. The maximum Gasteiger partial charge on any atom is 0.184 e. The molecule has 6 heteroatoms. The number of hydrogen-bond acceptors (Lipinski definition) is 6. The van der Waals surface area contributed by atoms with E-state index in [-0.39, 0.29) is 0 Å². The van der Waals surface area contributed by atoms with Crippen LogP contribution in [0, 0.1) is 0 Å². The third-order valence-corrected chi connectivity index (χ3v) is 4.62. The van der Waals surface area contributed by atoms with Gasteiger partial charge in [0.2, 0.25) is 0 Å². The van der Waals surface area contributed by atoms with Crippen LogP contribution in [0.4, 0.5) is 0 Å². The molecule has 0 saturated carbocycles. The van der Waals surface area contributed by atoms with Crippen molar-refractivity contribution in [2.75, 3.05) is 13.2 Å². The molecule has 144 valence electrons. The zero-order valence-electron chi connectivity index (χ0n) is 15.0. The number of ether oxygens (including phenoxy) is 2. The lowest BCUT2D eigenvalue weighted by molar-refractivity contribution is -0.151. The van der Waals surface area contributed by atoms with Gasteiger partial charge in [0.1, 0.15) is 24.4 Å². The van der Waals surface area contributed by atoms with E-state index in [9.17, 15) is 15.3 Å². The van der Waals surface area contributed by atoms with Crippen molar-refractivity contribution in [1.82, 2.24) is 0 Å². The number of aliphatic hydroxyl groups excluding tert-OH is 4. The first-order chi connectivity index (χ1) is 11.6. The van der Waals surface area contributed by atoms with Crippen molar-refractivity contribution < 1.29 is 29.9 Å². The molecule has 1 unspecified atom stereocenters. The van der Waals surface area contributed by atoms with Crippen LogP contribution in [0.5, 0.6) is 0 Å². The van der Waals surface area contributed by atoms with Crippen LogP contribution in [0.1, 0.15) is 71.1 Å². The average Bonchev–Trinajstić information content (AvgIpc) is 2.87. The van der Waals surface area contributed by atoms with E-state index in [1.165, 1.54) is 51.4 Å². The highest BCUT2D eigenvalue weighted by Gasteiger charge is 2.46. The Labute approximate surface area is 145 Å². The lowest BCUT2D eigenvalue weighted by atomic mass is 10.1. The normalized spacial score (nSPS) is 28.4.